The third kappa shape index (κ3) is 3.02. The van der Waals surface area contributed by atoms with Gasteiger partial charge in [0.15, 0.2) is 0 Å². The largest absolute Gasteiger partial charge is 0.478 e. The first-order valence-electron chi connectivity index (χ1n) is 4.28. The molecular weight excluding hydrogens is 199 g/mol. The van der Waals surface area contributed by atoms with E-state index in [4.69, 9.17) is 5.11 Å². The minimum Gasteiger partial charge on any atom is -0.478 e. The number of hydrogen-bond donors (Lipinski definition) is 1. The van der Waals surface area contributed by atoms with Gasteiger partial charge in [0.05, 0.1) is 5.56 Å². The minimum atomic E-state index is -1.12. The number of benzene rings is 1. The van der Waals surface area contributed by atoms with E-state index in [1.54, 1.807) is 0 Å². The lowest BCUT2D eigenvalue weighted by molar-refractivity contribution is -0.107. The topological polar surface area (TPSA) is 54.4 Å². The molecule has 0 saturated heterocycles. The summed E-state index contributed by atoms with van der Waals surface area (Å²) in [5, 5.41) is 8.79. The molecule has 78 valence electrons. The second-order valence-corrected chi connectivity index (χ2v) is 2.84. The second-order valence-electron chi connectivity index (χ2n) is 2.84. The van der Waals surface area contributed by atoms with Gasteiger partial charge in [0.25, 0.3) is 0 Å². The molecule has 0 aliphatic carbocycles. The number of carbonyl (C=O) groups is 2. The van der Waals surface area contributed by atoms with Crippen LogP contribution < -0.4 is 0 Å². The van der Waals surface area contributed by atoms with Crippen LogP contribution in [0.4, 0.5) is 4.39 Å². The fourth-order valence-corrected chi connectivity index (χ4v) is 1.12. The Morgan fingerprint density at radius 1 is 1.47 bits per heavy atom. The molecule has 1 rings (SSSR count). The summed E-state index contributed by atoms with van der Waals surface area (Å²) in [6.45, 7) is 0. The van der Waals surface area contributed by atoms with Gasteiger partial charge >= 0.3 is 5.97 Å². The molecule has 0 unspecified atom stereocenters. The first kappa shape index (κ1) is 11.1. The normalized spacial score (nSPS) is 10.5. The summed E-state index contributed by atoms with van der Waals surface area (Å²) < 4.78 is 12.8. The van der Waals surface area contributed by atoms with Crippen molar-refractivity contribution in [1.29, 1.82) is 0 Å². The van der Waals surface area contributed by atoms with E-state index in [1.807, 2.05) is 0 Å². The molecule has 0 bridgehead atoms. The zero-order valence-electron chi connectivity index (χ0n) is 7.81. The molecule has 0 amide bonds. The molecule has 0 saturated carbocycles. The van der Waals surface area contributed by atoms with Crippen molar-refractivity contribution in [2.24, 2.45) is 0 Å². The maximum atomic E-state index is 12.8. The summed E-state index contributed by atoms with van der Waals surface area (Å²) >= 11 is 0. The van der Waals surface area contributed by atoms with E-state index < -0.39 is 11.8 Å². The van der Waals surface area contributed by atoms with Crippen LogP contribution in [0, 0.1) is 5.82 Å². The smallest absolute Gasteiger partial charge is 0.336 e. The Balaban J connectivity index is 3.07. The number of halogens is 1. The number of aldehydes is 1. The molecule has 0 radical (unpaired) electrons. The van der Waals surface area contributed by atoms with Crippen molar-refractivity contribution in [2.75, 3.05) is 0 Å². The highest BCUT2D eigenvalue weighted by Gasteiger charge is 2.08. The number of allylic oxidation sites excluding steroid dienone is 1. The van der Waals surface area contributed by atoms with Crippen LogP contribution in [0.2, 0.25) is 0 Å². The van der Waals surface area contributed by atoms with Crippen molar-refractivity contribution in [3.63, 3.8) is 0 Å². The first-order valence-corrected chi connectivity index (χ1v) is 4.28. The average molecular weight is 208 g/mol. The highest BCUT2D eigenvalue weighted by Crippen LogP contribution is 2.13. The van der Waals surface area contributed by atoms with Crippen LogP contribution in [0.15, 0.2) is 24.3 Å². The predicted octanol–water partition coefficient (Wildman–Crippen LogP) is 2.13. The molecule has 0 aliphatic heterocycles. The lowest BCUT2D eigenvalue weighted by Crippen LogP contribution is -1.99. The molecule has 0 spiro atoms. The van der Waals surface area contributed by atoms with Crippen LogP contribution in [0.1, 0.15) is 22.3 Å². The van der Waals surface area contributed by atoms with Crippen LogP contribution in [-0.2, 0) is 4.79 Å². The van der Waals surface area contributed by atoms with Gasteiger partial charge in [-0.25, -0.2) is 9.18 Å². The SMILES string of the molecule is O=CCC=Cc1cc(F)ccc1C(=O)O. The molecule has 0 heterocycles. The maximum Gasteiger partial charge on any atom is 0.336 e. The molecule has 1 aromatic carbocycles. The van der Waals surface area contributed by atoms with Crippen LogP contribution in [0.25, 0.3) is 6.08 Å². The Bertz CT molecular complexity index is 410. The maximum absolute atomic E-state index is 12.8. The Morgan fingerprint density at radius 3 is 2.80 bits per heavy atom. The van der Waals surface area contributed by atoms with Crippen molar-refractivity contribution in [3.05, 3.63) is 41.2 Å². The Morgan fingerprint density at radius 2 is 2.20 bits per heavy atom. The van der Waals surface area contributed by atoms with E-state index in [-0.39, 0.29) is 17.5 Å². The molecule has 1 N–H and O–H groups in total. The van der Waals surface area contributed by atoms with E-state index in [9.17, 15) is 14.0 Å². The fourth-order valence-electron chi connectivity index (χ4n) is 1.12. The molecule has 1 aromatic rings. The predicted molar refractivity (Wildman–Crippen MR) is 53.1 cm³/mol. The van der Waals surface area contributed by atoms with Gasteiger partial charge in [0, 0.05) is 6.42 Å². The number of aromatic carboxylic acids is 1. The lowest BCUT2D eigenvalue weighted by atomic mass is 10.1. The van der Waals surface area contributed by atoms with E-state index >= 15 is 0 Å². The Hall–Kier alpha value is -1.97. The van der Waals surface area contributed by atoms with Crippen molar-refractivity contribution in [2.45, 2.75) is 6.42 Å². The summed E-state index contributed by atoms with van der Waals surface area (Å²) in [6, 6.07) is 3.39. The van der Waals surface area contributed by atoms with E-state index in [1.165, 1.54) is 18.2 Å². The molecule has 0 atom stereocenters. The molecule has 15 heavy (non-hydrogen) atoms. The van der Waals surface area contributed by atoms with Gasteiger partial charge in [-0.3, -0.25) is 0 Å². The summed E-state index contributed by atoms with van der Waals surface area (Å²) in [5.41, 5.74) is 0.267. The number of carboxylic acid groups (broad SMARTS) is 1. The summed E-state index contributed by atoms with van der Waals surface area (Å²) in [6.07, 6.45) is 3.75. The first-order chi connectivity index (χ1) is 7.15. The number of carboxylic acids is 1. The zero-order valence-corrected chi connectivity index (χ0v) is 7.81. The van der Waals surface area contributed by atoms with E-state index in [0.29, 0.717) is 6.29 Å². The lowest BCUT2D eigenvalue weighted by Gasteiger charge is -2.00. The number of hydrogen-bond acceptors (Lipinski definition) is 2. The molecule has 3 nitrogen and oxygen atoms in total. The van der Waals surface area contributed by atoms with Crippen LogP contribution in [0.3, 0.4) is 0 Å². The fraction of sp³-hybridized carbons (Fsp3) is 0.0909. The third-order valence-electron chi connectivity index (χ3n) is 1.77. The molecule has 0 fully saturated rings. The zero-order chi connectivity index (χ0) is 11.3. The Labute approximate surface area is 85.8 Å². The second kappa shape index (κ2) is 5.05. The number of rotatable bonds is 4. The van der Waals surface area contributed by atoms with Gasteiger partial charge in [-0.2, -0.15) is 0 Å². The van der Waals surface area contributed by atoms with Gasteiger partial charge in [-0.15, -0.1) is 0 Å². The molecule has 0 aliphatic rings. The number of carbonyl (C=O) groups excluding carboxylic acids is 1. The summed E-state index contributed by atoms with van der Waals surface area (Å²) in [5.74, 6) is -1.63. The highest BCUT2D eigenvalue weighted by atomic mass is 19.1. The Kier molecular flexibility index (Phi) is 3.74. The summed E-state index contributed by atoms with van der Waals surface area (Å²) in [7, 11) is 0. The third-order valence-corrected chi connectivity index (χ3v) is 1.77. The van der Waals surface area contributed by atoms with E-state index in [0.717, 1.165) is 12.1 Å². The van der Waals surface area contributed by atoms with Crippen molar-refractivity contribution in [1.82, 2.24) is 0 Å². The van der Waals surface area contributed by atoms with E-state index in [2.05, 4.69) is 0 Å². The van der Waals surface area contributed by atoms with Gasteiger partial charge in [-0.05, 0) is 23.8 Å². The standard InChI is InChI=1S/C11H9FO3/c12-9-4-5-10(11(14)15)8(7-9)3-1-2-6-13/h1,3-7H,2H2,(H,14,15). The molecule has 4 heteroatoms. The van der Waals surface area contributed by atoms with Crippen LogP contribution in [0.5, 0.6) is 0 Å². The highest BCUT2D eigenvalue weighted by molar-refractivity contribution is 5.92. The molecule has 0 aromatic heterocycles. The van der Waals surface area contributed by atoms with Gasteiger partial charge < -0.3 is 9.90 Å². The van der Waals surface area contributed by atoms with Gasteiger partial charge in [0.2, 0.25) is 0 Å². The van der Waals surface area contributed by atoms with Gasteiger partial charge in [0.1, 0.15) is 12.1 Å². The van der Waals surface area contributed by atoms with Crippen molar-refractivity contribution in [3.8, 4) is 0 Å². The van der Waals surface area contributed by atoms with Crippen molar-refractivity contribution >= 4 is 18.3 Å². The minimum absolute atomic E-state index is 0.0125. The van der Waals surface area contributed by atoms with Crippen molar-refractivity contribution < 1.29 is 19.1 Å². The van der Waals surface area contributed by atoms with Crippen LogP contribution in [-0.4, -0.2) is 17.4 Å². The van der Waals surface area contributed by atoms with Gasteiger partial charge in [-0.1, -0.05) is 12.2 Å². The summed E-state index contributed by atoms with van der Waals surface area (Å²) in [4.78, 5) is 20.8. The quantitative estimate of drug-likeness (QED) is 0.771. The molecular formula is C11H9FO3. The average Bonchev–Trinajstić information content (AvgIpc) is 2.18. The monoisotopic (exact) mass is 208 g/mol. The van der Waals surface area contributed by atoms with Crippen LogP contribution >= 0.6 is 0 Å².